The van der Waals surface area contributed by atoms with E-state index < -0.39 is 0 Å². The summed E-state index contributed by atoms with van der Waals surface area (Å²) < 4.78 is 5.42. The number of hydrogen-bond acceptors (Lipinski definition) is 2. The van der Waals surface area contributed by atoms with Crippen molar-refractivity contribution in [3.63, 3.8) is 0 Å². The number of rotatable bonds is 2. The molecule has 3 aliphatic carbocycles. The molecule has 124 valence electrons. The Hall–Kier alpha value is -1.28. The molecule has 0 amide bonds. The molecule has 0 spiro atoms. The maximum atomic E-state index is 10.6. The summed E-state index contributed by atoms with van der Waals surface area (Å²) in [5.41, 5.74) is 4.65. The van der Waals surface area contributed by atoms with Gasteiger partial charge in [0, 0.05) is 5.41 Å². The molecular formula is C21H28O2. The van der Waals surface area contributed by atoms with Gasteiger partial charge in [-0.1, -0.05) is 31.6 Å². The molecule has 0 aliphatic heterocycles. The van der Waals surface area contributed by atoms with Gasteiger partial charge in [0.1, 0.15) is 5.75 Å². The minimum Gasteiger partial charge on any atom is -0.497 e. The van der Waals surface area contributed by atoms with Gasteiger partial charge in [-0.3, -0.25) is 0 Å². The van der Waals surface area contributed by atoms with Crippen LogP contribution in [-0.4, -0.2) is 18.3 Å². The summed E-state index contributed by atoms with van der Waals surface area (Å²) in [6.07, 6.45) is 7.62. The molecule has 0 unspecified atom stereocenters. The average Bonchev–Trinajstić information content (AvgIpc) is 2.91. The fraction of sp³-hybridized carbons (Fsp3) is 0.619. The van der Waals surface area contributed by atoms with E-state index in [0.717, 1.165) is 31.4 Å². The van der Waals surface area contributed by atoms with Gasteiger partial charge in [0.25, 0.3) is 0 Å². The molecule has 5 atom stereocenters. The Kier molecular flexibility index (Phi) is 3.57. The molecule has 0 saturated heterocycles. The highest BCUT2D eigenvalue weighted by atomic mass is 16.5. The predicted octanol–water partition coefficient (Wildman–Crippen LogP) is 4.47. The number of ether oxygens (including phenoxy) is 1. The highest BCUT2D eigenvalue weighted by molar-refractivity contribution is 5.44. The van der Waals surface area contributed by atoms with Crippen LogP contribution in [-0.2, 0) is 6.42 Å². The summed E-state index contributed by atoms with van der Waals surface area (Å²) in [7, 11) is 1.75. The number of benzene rings is 1. The van der Waals surface area contributed by atoms with Gasteiger partial charge in [-0.25, -0.2) is 0 Å². The molecule has 0 bridgehead atoms. The molecule has 2 heteroatoms. The topological polar surface area (TPSA) is 29.5 Å². The Morgan fingerprint density at radius 2 is 2.17 bits per heavy atom. The van der Waals surface area contributed by atoms with E-state index in [1.807, 2.05) is 0 Å². The zero-order chi connectivity index (χ0) is 16.2. The van der Waals surface area contributed by atoms with E-state index in [9.17, 15) is 5.11 Å². The molecule has 1 aromatic rings. The number of aliphatic hydroxyl groups is 1. The van der Waals surface area contributed by atoms with Crippen molar-refractivity contribution < 1.29 is 9.84 Å². The molecule has 0 aromatic heterocycles. The molecule has 4 rings (SSSR count). The van der Waals surface area contributed by atoms with Crippen LogP contribution in [0, 0.1) is 17.3 Å². The van der Waals surface area contributed by atoms with Gasteiger partial charge < -0.3 is 9.84 Å². The van der Waals surface area contributed by atoms with E-state index in [0.29, 0.717) is 17.8 Å². The normalized spacial score (nSPS) is 38.3. The smallest absolute Gasteiger partial charge is 0.119 e. The zero-order valence-electron chi connectivity index (χ0n) is 14.5. The van der Waals surface area contributed by atoms with Gasteiger partial charge in [-0.2, -0.15) is 0 Å². The fourth-order valence-electron chi connectivity index (χ4n) is 5.84. The number of methoxy groups -OCH3 is 1. The van der Waals surface area contributed by atoms with Crippen LogP contribution in [0.25, 0.3) is 0 Å². The summed E-state index contributed by atoms with van der Waals surface area (Å²) in [6, 6.07) is 6.65. The van der Waals surface area contributed by atoms with Crippen molar-refractivity contribution in [3.05, 3.63) is 41.0 Å². The summed E-state index contributed by atoms with van der Waals surface area (Å²) in [5.74, 6) is 2.85. The van der Waals surface area contributed by atoms with Crippen LogP contribution >= 0.6 is 0 Å². The van der Waals surface area contributed by atoms with Crippen molar-refractivity contribution in [1.82, 2.24) is 0 Å². The first-order valence-corrected chi connectivity index (χ1v) is 9.16. The van der Waals surface area contributed by atoms with Gasteiger partial charge in [-0.15, -0.1) is 0 Å². The predicted molar refractivity (Wildman–Crippen MR) is 92.8 cm³/mol. The van der Waals surface area contributed by atoms with Crippen molar-refractivity contribution in [2.24, 2.45) is 17.3 Å². The Labute approximate surface area is 139 Å². The Bertz CT molecular complexity index is 647. The quantitative estimate of drug-likeness (QED) is 0.817. The van der Waals surface area contributed by atoms with Crippen molar-refractivity contribution >= 4 is 0 Å². The number of fused-ring (bicyclic) bond motifs is 5. The molecule has 3 aliphatic rings. The van der Waals surface area contributed by atoms with Crippen LogP contribution in [0.15, 0.2) is 29.8 Å². The summed E-state index contributed by atoms with van der Waals surface area (Å²) in [4.78, 5) is 0. The average molecular weight is 312 g/mol. The zero-order valence-corrected chi connectivity index (χ0v) is 14.5. The van der Waals surface area contributed by atoms with Gasteiger partial charge in [0.15, 0.2) is 0 Å². The van der Waals surface area contributed by atoms with E-state index in [1.165, 1.54) is 17.5 Å². The Morgan fingerprint density at radius 1 is 1.35 bits per heavy atom. The molecule has 23 heavy (non-hydrogen) atoms. The van der Waals surface area contributed by atoms with Crippen molar-refractivity contribution in [2.45, 2.75) is 58.0 Å². The monoisotopic (exact) mass is 312 g/mol. The highest BCUT2D eigenvalue weighted by Crippen LogP contribution is 2.61. The SMILES string of the molecule is CC[C@]12CC[C@@H]3c4ccc(OC)cc4C[C@@H](C)[C@H]3C1=CC[C@@H]2O. The van der Waals surface area contributed by atoms with E-state index >= 15 is 0 Å². The number of hydrogen-bond donors (Lipinski definition) is 1. The van der Waals surface area contributed by atoms with Crippen LogP contribution in [0.5, 0.6) is 5.75 Å². The minimum absolute atomic E-state index is 0.0688. The van der Waals surface area contributed by atoms with Gasteiger partial charge in [0.05, 0.1) is 13.2 Å². The van der Waals surface area contributed by atoms with Crippen molar-refractivity contribution in [3.8, 4) is 5.75 Å². The third-order valence-electron chi connectivity index (χ3n) is 7.00. The van der Waals surface area contributed by atoms with Crippen molar-refractivity contribution in [1.29, 1.82) is 0 Å². The van der Waals surface area contributed by atoms with Crippen LogP contribution < -0.4 is 4.74 Å². The molecule has 0 radical (unpaired) electrons. The third kappa shape index (κ3) is 2.04. The molecule has 1 N–H and O–H groups in total. The van der Waals surface area contributed by atoms with Crippen LogP contribution in [0.2, 0.25) is 0 Å². The lowest BCUT2D eigenvalue weighted by Crippen LogP contribution is -2.44. The molecule has 1 saturated carbocycles. The second kappa shape index (κ2) is 5.37. The molecular weight excluding hydrogens is 284 g/mol. The summed E-state index contributed by atoms with van der Waals surface area (Å²) >= 11 is 0. The maximum Gasteiger partial charge on any atom is 0.119 e. The lowest BCUT2D eigenvalue weighted by Gasteiger charge is -2.51. The first-order chi connectivity index (χ1) is 11.1. The van der Waals surface area contributed by atoms with E-state index in [1.54, 1.807) is 12.7 Å². The first kappa shape index (κ1) is 15.3. The molecule has 0 heterocycles. The van der Waals surface area contributed by atoms with Crippen LogP contribution in [0.3, 0.4) is 0 Å². The third-order valence-corrected chi connectivity index (χ3v) is 7.00. The van der Waals surface area contributed by atoms with Crippen LogP contribution in [0.4, 0.5) is 0 Å². The van der Waals surface area contributed by atoms with Crippen LogP contribution in [0.1, 0.15) is 56.6 Å². The van der Waals surface area contributed by atoms with E-state index in [2.05, 4.69) is 38.1 Å². The second-order valence-corrected chi connectivity index (χ2v) is 7.84. The second-order valence-electron chi connectivity index (χ2n) is 7.84. The summed E-state index contributed by atoms with van der Waals surface area (Å²) in [5, 5.41) is 10.6. The van der Waals surface area contributed by atoms with Gasteiger partial charge >= 0.3 is 0 Å². The summed E-state index contributed by atoms with van der Waals surface area (Å²) in [6.45, 7) is 4.66. The number of aliphatic hydroxyl groups excluding tert-OH is 1. The molecule has 2 nitrogen and oxygen atoms in total. The fourth-order valence-corrected chi connectivity index (χ4v) is 5.84. The molecule has 1 aromatic carbocycles. The maximum absolute atomic E-state index is 10.6. The molecule has 1 fully saturated rings. The minimum atomic E-state index is -0.159. The van der Waals surface area contributed by atoms with E-state index in [-0.39, 0.29) is 11.5 Å². The Morgan fingerprint density at radius 3 is 2.91 bits per heavy atom. The highest BCUT2D eigenvalue weighted by Gasteiger charge is 2.53. The van der Waals surface area contributed by atoms with E-state index in [4.69, 9.17) is 4.74 Å². The largest absolute Gasteiger partial charge is 0.497 e. The lowest BCUT2D eigenvalue weighted by molar-refractivity contribution is 0.0253. The standard InChI is InChI=1S/C21H28O2/c1-4-21-10-9-17-16-6-5-15(23-3)12-14(16)11-13(2)20(17)18(21)7-8-19(21)22/h5-7,12-13,17,19-20,22H,4,8-11H2,1-3H3/t13-,17-,19+,20-,21+/m1/s1. The Balaban J connectivity index is 1.76. The van der Waals surface area contributed by atoms with Gasteiger partial charge in [-0.05, 0) is 73.1 Å². The van der Waals surface area contributed by atoms with Crippen molar-refractivity contribution in [2.75, 3.05) is 7.11 Å². The first-order valence-electron chi connectivity index (χ1n) is 9.16. The lowest BCUT2D eigenvalue weighted by atomic mass is 9.54. The van der Waals surface area contributed by atoms with Gasteiger partial charge in [0.2, 0.25) is 0 Å².